The fourth-order valence-electron chi connectivity index (χ4n) is 2.26. The van der Waals surface area contributed by atoms with E-state index in [1.807, 2.05) is 0 Å². The molecule has 1 fully saturated rings. The van der Waals surface area contributed by atoms with Gasteiger partial charge in [0.1, 0.15) is 4.88 Å². The minimum absolute atomic E-state index is 0.316. The molecule has 3 atom stereocenters. The van der Waals surface area contributed by atoms with Gasteiger partial charge >= 0.3 is 5.97 Å². The van der Waals surface area contributed by atoms with Crippen LogP contribution in [0.15, 0.2) is 6.20 Å². The fourth-order valence-corrected chi connectivity index (χ4v) is 3.06. The normalized spacial score (nSPS) is 28.1. The number of rotatable bonds is 3. The summed E-state index contributed by atoms with van der Waals surface area (Å²) in [6.07, 6.45) is 4.01. The first kappa shape index (κ1) is 12.4. The standard InChI is InChI=1S/C12H18N2O2S/c1-7-4-5-9(8(7)2)14-12-13-6-10(17-12)11(15)16-3/h6-9H,4-5H2,1-3H3,(H,13,14). The number of thiazole rings is 1. The second-order valence-corrected chi connectivity index (χ2v) is 5.72. The van der Waals surface area contributed by atoms with Gasteiger partial charge in [-0.25, -0.2) is 9.78 Å². The highest BCUT2D eigenvalue weighted by atomic mass is 32.1. The van der Waals surface area contributed by atoms with Gasteiger partial charge in [-0.1, -0.05) is 25.2 Å². The molecule has 0 saturated heterocycles. The van der Waals surface area contributed by atoms with Gasteiger partial charge in [-0.15, -0.1) is 0 Å². The molecule has 1 saturated carbocycles. The van der Waals surface area contributed by atoms with Gasteiger partial charge in [0.05, 0.1) is 13.3 Å². The number of nitrogens with one attached hydrogen (secondary N) is 1. The zero-order chi connectivity index (χ0) is 12.4. The van der Waals surface area contributed by atoms with Crippen molar-refractivity contribution in [2.75, 3.05) is 12.4 Å². The van der Waals surface area contributed by atoms with Gasteiger partial charge in [-0.3, -0.25) is 0 Å². The number of methoxy groups -OCH3 is 1. The van der Waals surface area contributed by atoms with E-state index in [9.17, 15) is 4.79 Å². The first-order valence-corrected chi connectivity index (χ1v) is 6.74. The Kier molecular flexibility index (Phi) is 3.66. The van der Waals surface area contributed by atoms with Crippen molar-refractivity contribution in [3.05, 3.63) is 11.1 Å². The molecular weight excluding hydrogens is 236 g/mol. The summed E-state index contributed by atoms with van der Waals surface area (Å²) in [5, 5.41) is 4.24. The van der Waals surface area contributed by atoms with Gasteiger partial charge in [-0.2, -0.15) is 0 Å². The third kappa shape index (κ3) is 2.60. The van der Waals surface area contributed by atoms with Gasteiger partial charge in [0, 0.05) is 6.04 Å². The quantitative estimate of drug-likeness (QED) is 0.843. The summed E-state index contributed by atoms with van der Waals surface area (Å²) in [7, 11) is 1.38. The molecule has 2 rings (SSSR count). The van der Waals surface area contributed by atoms with E-state index in [0.29, 0.717) is 16.8 Å². The molecule has 0 bridgehead atoms. The molecular formula is C12H18N2O2S. The van der Waals surface area contributed by atoms with Gasteiger partial charge < -0.3 is 10.1 Å². The number of carbonyl (C=O) groups is 1. The molecule has 1 aliphatic rings. The van der Waals surface area contributed by atoms with Crippen LogP contribution in [0.4, 0.5) is 5.13 Å². The highest BCUT2D eigenvalue weighted by Gasteiger charge is 2.30. The van der Waals surface area contributed by atoms with Crippen molar-refractivity contribution in [3.8, 4) is 0 Å². The second-order valence-electron chi connectivity index (χ2n) is 4.69. The van der Waals surface area contributed by atoms with Crippen molar-refractivity contribution < 1.29 is 9.53 Å². The third-order valence-corrected chi connectivity index (χ3v) is 4.57. The molecule has 1 aliphatic carbocycles. The molecule has 1 heterocycles. The summed E-state index contributed by atoms with van der Waals surface area (Å²) in [4.78, 5) is 16.1. The van der Waals surface area contributed by atoms with E-state index < -0.39 is 0 Å². The minimum Gasteiger partial charge on any atom is -0.465 e. The summed E-state index contributed by atoms with van der Waals surface area (Å²) in [5.74, 6) is 1.09. The number of nitrogens with zero attached hydrogens (tertiary/aromatic N) is 1. The number of ether oxygens (including phenoxy) is 1. The van der Waals surface area contributed by atoms with Crippen LogP contribution in [-0.4, -0.2) is 24.1 Å². The average Bonchev–Trinajstić information content (AvgIpc) is 2.91. The van der Waals surface area contributed by atoms with E-state index in [1.54, 1.807) is 6.20 Å². The number of hydrogen-bond acceptors (Lipinski definition) is 5. The molecule has 0 aliphatic heterocycles. The Morgan fingerprint density at radius 3 is 2.88 bits per heavy atom. The highest BCUT2D eigenvalue weighted by molar-refractivity contribution is 7.17. The van der Waals surface area contributed by atoms with E-state index in [1.165, 1.54) is 31.3 Å². The number of hydrogen-bond donors (Lipinski definition) is 1. The maximum absolute atomic E-state index is 11.3. The largest absolute Gasteiger partial charge is 0.465 e. The summed E-state index contributed by atoms with van der Waals surface area (Å²) in [5.41, 5.74) is 0. The van der Waals surface area contributed by atoms with Crippen LogP contribution >= 0.6 is 11.3 Å². The predicted octanol–water partition coefficient (Wildman–Crippen LogP) is 2.78. The first-order chi connectivity index (χ1) is 8.11. The molecule has 5 heteroatoms. The molecule has 0 spiro atoms. The topological polar surface area (TPSA) is 51.2 Å². The molecule has 1 N–H and O–H groups in total. The Labute approximate surface area is 105 Å². The van der Waals surface area contributed by atoms with Gasteiger partial charge in [0.25, 0.3) is 0 Å². The maximum atomic E-state index is 11.3. The Hall–Kier alpha value is -1.10. The van der Waals surface area contributed by atoms with Crippen molar-refractivity contribution in [2.24, 2.45) is 11.8 Å². The van der Waals surface area contributed by atoms with Crippen LogP contribution in [0.3, 0.4) is 0 Å². The summed E-state index contributed by atoms with van der Waals surface area (Å²) >= 11 is 1.36. The van der Waals surface area contributed by atoms with Crippen LogP contribution in [0, 0.1) is 11.8 Å². The molecule has 17 heavy (non-hydrogen) atoms. The molecule has 3 unspecified atom stereocenters. The van der Waals surface area contributed by atoms with Crippen LogP contribution in [0.25, 0.3) is 0 Å². The summed E-state index contributed by atoms with van der Waals surface area (Å²) < 4.78 is 4.66. The zero-order valence-corrected chi connectivity index (χ0v) is 11.2. The lowest BCUT2D eigenvalue weighted by atomic mass is 9.98. The molecule has 1 aromatic heterocycles. The molecule has 0 radical (unpaired) electrons. The van der Waals surface area contributed by atoms with Crippen LogP contribution in [0.2, 0.25) is 0 Å². The van der Waals surface area contributed by atoms with E-state index >= 15 is 0 Å². The molecule has 1 aromatic rings. The summed E-state index contributed by atoms with van der Waals surface area (Å²) in [6, 6.07) is 0.474. The number of anilines is 1. The van der Waals surface area contributed by atoms with E-state index in [2.05, 4.69) is 28.9 Å². The smallest absolute Gasteiger partial charge is 0.349 e. The van der Waals surface area contributed by atoms with Gasteiger partial charge in [0.2, 0.25) is 0 Å². The zero-order valence-electron chi connectivity index (χ0n) is 10.4. The Morgan fingerprint density at radius 1 is 1.53 bits per heavy atom. The molecule has 94 valence electrons. The van der Waals surface area contributed by atoms with Crippen LogP contribution in [0.1, 0.15) is 36.4 Å². The SMILES string of the molecule is COC(=O)c1cnc(NC2CCC(C)C2C)s1. The minimum atomic E-state index is -0.316. The number of carbonyl (C=O) groups excluding carboxylic acids is 1. The lowest BCUT2D eigenvalue weighted by Crippen LogP contribution is -2.23. The molecule has 0 amide bonds. The monoisotopic (exact) mass is 254 g/mol. The van der Waals surface area contributed by atoms with Gasteiger partial charge in [0.15, 0.2) is 5.13 Å². The number of esters is 1. The van der Waals surface area contributed by atoms with Crippen molar-refractivity contribution in [1.82, 2.24) is 4.98 Å². The van der Waals surface area contributed by atoms with E-state index in [-0.39, 0.29) is 5.97 Å². The van der Waals surface area contributed by atoms with Crippen LogP contribution in [-0.2, 0) is 4.74 Å². The van der Waals surface area contributed by atoms with Crippen molar-refractivity contribution in [1.29, 1.82) is 0 Å². The third-order valence-electron chi connectivity index (χ3n) is 3.67. The first-order valence-electron chi connectivity index (χ1n) is 5.92. The highest BCUT2D eigenvalue weighted by Crippen LogP contribution is 2.34. The Morgan fingerprint density at radius 2 is 2.29 bits per heavy atom. The lowest BCUT2D eigenvalue weighted by Gasteiger charge is -2.18. The van der Waals surface area contributed by atoms with E-state index in [4.69, 9.17) is 0 Å². The van der Waals surface area contributed by atoms with Crippen molar-refractivity contribution >= 4 is 22.4 Å². The maximum Gasteiger partial charge on any atom is 0.349 e. The average molecular weight is 254 g/mol. The lowest BCUT2D eigenvalue weighted by molar-refractivity contribution is 0.0606. The second kappa shape index (κ2) is 5.04. The Balaban J connectivity index is 2.00. The predicted molar refractivity (Wildman–Crippen MR) is 68.4 cm³/mol. The van der Waals surface area contributed by atoms with E-state index in [0.717, 1.165) is 11.0 Å². The van der Waals surface area contributed by atoms with Crippen LogP contribution in [0.5, 0.6) is 0 Å². The molecule has 4 nitrogen and oxygen atoms in total. The van der Waals surface area contributed by atoms with Crippen molar-refractivity contribution in [3.63, 3.8) is 0 Å². The Bertz CT molecular complexity index is 405. The summed E-state index contributed by atoms with van der Waals surface area (Å²) in [6.45, 7) is 4.55. The number of aromatic nitrogens is 1. The van der Waals surface area contributed by atoms with Crippen LogP contribution < -0.4 is 5.32 Å². The fraction of sp³-hybridized carbons (Fsp3) is 0.667. The van der Waals surface area contributed by atoms with Crippen molar-refractivity contribution in [2.45, 2.75) is 32.7 Å². The van der Waals surface area contributed by atoms with Gasteiger partial charge in [-0.05, 0) is 24.7 Å². The molecule has 0 aromatic carbocycles.